The van der Waals surface area contributed by atoms with Crippen molar-refractivity contribution in [2.24, 2.45) is 0 Å². The minimum absolute atomic E-state index is 0.0285. The Morgan fingerprint density at radius 3 is 2.58 bits per heavy atom. The van der Waals surface area contributed by atoms with Crippen molar-refractivity contribution in [3.63, 3.8) is 0 Å². The molecule has 0 aliphatic rings. The Morgan fingerprint density at radius 1 is 1.26 bits per heavy atom. The van der Waals surface area contributed by atoms with E-state index in [0.717, 1.165) is 0 Å². The van der Waals surface area contributed by atoms with Crippen molar-refractivity contribution in [1.82, 2.24) is 5.32 Å². The number of nitrogens with one attached hydrogen (secondary N) is 1. The maximum atomic E-state index is 11.9. The Labute approximate surface area is 114 Å². The highest BCUT2D eigenvalue weighted by Crippen LogP contribution is 2.28. The van der Waals surface area contributed by atoms with Crippen LogP contribution in [0.3, 0.4) is 0 Å². The molecule has 0 saturated heterocycles. The van der Waals surface area contributed by atoms with Crippen molar-refractivity contribution in [3.05, 3.63) is 23.8 Å². The molecule has 19 heavy (non-hydrogen) atoms. The van der Waals surface area contributed by atoms with E-state index < -0.39 is 0 Å². The van der Waals surface area contributed by atoms with Crippen molar-refractivity contribution >= 4 is 5.78 Å². The topological polar surface area (TPSA) is 47.6 Å². The minimum Gasteiger partial charge on any atom is -0.490 e. The number of hydrogen-bond acceptors (Lipinski definition) is 4. The van der Waals surface area contributed by atoms with Gasteiger partial charge in [-0.3, -0.25) is 10.1 Å². The number of Topliss-reactive ketones (excluding diaryl/α,β-unsaturated/α-hetero) is 1. The molecule has 0 unspecified atom stereocenters. The third-order valence-electron chi connectivity index (χ3n) is 2.38. The molecule has 0 amide bonds. The number of terminal acetylenes is 1. The van der Waals surface area contributed by atoms with Gasteiger partial charge in [0.15, 0.2) is 17.3 Å². The Balaban J connectivity index is 2.82. The molecule has 0 atom stereocenters. The van der Waals surface area contributed by atoms with E-state index in [4.69, 9.17) is 15.9 Å². The van der Waals surface area contributed by atoms with Crippen molar-refractivity contribution in [3.8, 4) is 23.8 Å². The quantitative estimate of drug-likeness (QED) is 0.441. The average molecular weight is 261 g/mol. The van der Waals surface area contributed by atoms with E-state index in [1.54, 1.807) is 18.2 Å². The molecule has 0 spiro atoms. The molecule has 1 aromatic rings. The van der Waals surface area contributed by atoms with Crippen LogP contribution >= 0.6 is 0 Å². The van der Waals surface area contributed by atoms with Crippen LogP contribution in [0.4, 0.5) is 0 Å². The fourth-order valence-electron chi connectivity index (χ4n) is 1.57. The number of rotatable bonds is 8. The summed E-state index contributed by atoms with van der Waals surface area (Å²) in [6.07, 6.45) is 5.11. The van der Waals surface area contributed by atoms with Gasteiger partial charge < -0.3 is 9.47 Å². The number of benzene rings is 1. The van der Waals surface area contributed by atoms with Gasteiger partial charge in [-0.25, -0.2) is 0 Å². The smallest absolute Gasteiger partial charge is 0.176 e. The average Bonchev–Trinajstić information content (AvgIpc) is 2.41. The molecule has 0 fully saturated rings. The normalized spacial score (nSPS) is 9.74. The lowest BCUT2D eigenvalue weighted by atomic mass is 10.1. The van der Waals surface area contributed by atoms with Gasteiger partial charge in [-0.05, 0) is 32.0 Å². The molecule has 102 valence electrons. The Hall–Kier alpha value is -1.99. The van der Waals surface area contributed by atoms with E-state index in [1.807, 2.05) is 13.8 Å². The first-order valence-electron chi connectivity index (χ1n) is 6.29. The molecular formula is C15H19NO3. The zero-order chi connectivity index (χ0) is 14.1. The number of hydrogen-bond donors (Lipinski definition) is 1. The van der Waals surface area contributed by atoms with Crippen LogP contribution in [0.25, 0.3) is 0 Å². The summed E-state index contributed by atoms with van der Waals surface area (Å²) in [5, 5.41) is 2.87. The van der Waals surface area contributed by atoms with E-state index in [2.05, 4.69) is 11.2 Å². The fraction of sp³-hybridized carbons (Fsp3) is 0.400. The Morgan fingerprint density at radius 2 is 1.95 bits per heavy atom. The molecule has 0 radical (unpaired) electrons. The van der Waals surface area contributed by atoms with Crippen molar-refractivity contribution in [2.75, 3.05) is 26.3 Å². The largest absolute Gasteiger partial charge is 0.490 e. The van der Waals surface area contributed by atoms with Gasteiger partial charge in [0.1, 0.15) is 0 Å². The van der Waals surface area contributed by atoms with E-state index >= 15 is 0 Å². The van der Waals surface area contributed by atoms with Crippen LogP contribution in [-0.4, -0.2) is 32.1 Å². The van der Waals surface area contributed by atoms with Crippen molar-refractivity contribution in [1.29, 1.82) is 0 Å². The van der Waals surface area contributed by atoms with Gasteiger partial charge in [-0.1, -0.05) is 5.92 Å². The van der Waals surface area contributed by atoms with Crippen LogP contribution in [0, 0.1) is 12.3 Å². The summed E-state index contributed by atoms with van der Waals surface area (Å²) in [6, 6.07) is 5.19. The molecule has 4 nitrogen and oxygen atoms in total. The second-order valence-electron chi connectivity index (χ2n) is 3.76. The highest BCUT2D eigenvalue weighted by molar-refractivity contribution is 5.98. The molecule has 4 heteroatoms. The lowest BCUT2D eigenvalue weighted by Gasteiger charge is -2.12. The molecule has 0 bridgehead atoms. The highest BCUT2D eigenvalue weighted by atomic mass is 16.5. The Kier molecular flexibility index (Phi) is 6.48. The molecule has 0 saturated carbocycles. The van der Waals surface area contributed by atoms with E-state index in [-0.39, 0.29) is 12.3 Å². The summed E-state index contributed by atoms with van der Waals surface area (Å²) >= 11 is 0. The van der Waals surface area contributed by atoms with Crippen LogP contribution in [0.1, 0.15) is 24.2 Å². The molecule has 0 aliphatic carbocycles. The maximum absolute atomic E-state index is 11.9. The maximum Gasteiger partial charge on any atom is 0.176 e. The van der Waals surface area contributed by atoms with Gasteiger partial charge in [0, 0.05) is 5.56 Å². The van der Waals surface area contributed by atoms with Crippen molar-refractivity contribution < 1.29 is 14.3 Å². The fourth-order valence-corrected chi connectivity index (χ4v) is 1.57. The van der Waals surface area contributed by atoms with Crippen LogP contribution in [0.15, 0.2) is 18.2 Å². The summed E-state index contributed by atoms with van der Waals surface area (Å²) in [5.74, 6) is 3.64. The Bertz CT molecular complexity index is 463. The second-order valence-corrected chi connectivity index (χ2v) is 3.76. The number of carbonyl (C=O) groups is 1. The van der Waals surface area contributed by atoms with Gasteiger partial charge in [0.2, 0.25) is 0 Å². The first kappa shape index (κ1) is 15.1. The highest BCUT2D eigenvalue weighted by Gasteiger charge is 2.11. The van der Waals surface area contributed by atoms with E-state index in [9.17, 15) is 4.79 Å². The summed E-state index contributed by atoms with van der Waals surface area (Å²) in [5.41, 5.74) is 0.580. The SMILES string of the molecule is C#CCNCC(=O)c1ccc(OCC)c(OCC)c1. The van der Waals surface area contributed by atoms with Crippen LogP contribution in [0.5, 0.6) is 11.5 Å². The molecule has 1 N–H and O–H groups in total. The molecule has 0 aromatic heterocycles. The van der Waals surface area contributed by atoms with Crippen LogP contribution < -0.4 is 14.8 Å². The van der Waals surface area contributed by atoms with Crippen molar-refractivity contribution in [2.45, 2.75) is 13.8 Å². The third-order valence-corrected chi connectivity index (χ3v) is 2.38. The van der Waals surface area contributed by atoms with E-state index in [1.165, 1.54) is 0 Å². The van der Waals surface area contributed by atoms with E-state index in [0.29, 0.717) is 36.8 Å². The number of ether oxygens (including phenoxy) is 2. The first-order chi connectivity index (χ1) is 9.22. The minimum atomic E-state index is -0.0285. The summed E-state index contributed by atoms with van der Waals surface area (Å²) in [4.78, 5) is 11.9. The standard InChI is InChI=1S/C15H19NO3/c1-4-9-16-11-13(17)12-7-8-14(18-5-2)15(10-12)19-6-3/h1,7-8,10,16H,5-6,9,11H2,2-3H3. The molecule has 0 aliphatic heterocycles. The summed E-state index contributed by atoms with van der Waals surface area (Å²) in [6.45, 7) is 5.45. The first-order valence-corrected chi connectivity index (χ1v) is 6.29. The second kappa shape index (κ2) is 8.17. The van der Waals surface area contributed by atoms with Crippen LogP contribution in [-0.2, 0) is 0 Å². The zero-order valence-corrected chi connectivity index (χ0v) is 11.4. The molecule has 0 heterocycles. The van der Waals surface area contributed by atoms with Gasteiger partial charge in [-0.15, -0.1) is 6.42 Å². The molecule has 1 rings (SSSR count). The predicted molar refractivity (Wildman–Crippen MR) is 74.8 cm³/mol. The monoisotopic (exact) mass is 261 g/mol. The van der Waals surface area contributed by atoms with Gasteiger partial charge >= 0.3 is 0 Å². The predicted octanol–water partition coefficient (Wildman–Crippen LogP) is 1.89. The number of ketones is 1. The lowest BCUT2D eigenvalue weighted by molar-refractivity contribution is 0.0992. The van der Waals surface area contributed by atoms with Gasteiger partial charge in [0.05, 0.1) is 26.3 Å². The van der Waals surface area contributed by atoms with Crippen LogP contribution in [0.2, 0.25) is 0 Å². The lowest BCUT2D eigenvalue weighted by Crippen LogP contribution is -2.23. The summed E-state index contributed by atoms with van der Waals surface area (Å²) in [7, 11) is 0. The van der Waals surface area contributed by atoms with Gasteiger partial charge in [0.25, 0.3) is 0 Å². The van der Waals surface area contributed by atoms with Gasteiger partial charge in [-0.2, -0.15) is 0 Å². The summed E-state index contributed by atoms with van der Waals surface area (Å²) < 4.78 is 10.9. The zero-order valence-electron chi connectivity index (χ0n) is 11.4. The number of carbonyl (C=O) groups excluding carboxylic acids is 1. The molecule has 1 aromatic carbocycles. The third kappa shape index (κ3) is 4.65. The molecular weight excluding hydrogens is 242 g/mol.